The summed E-state index contributed by atoms with van der Waals surface area (Å²) in [6, 6.07) is 22.3. The first kappa shape index (κ1) is 28.4. The molecule has 0 radical (unpaired) electrons. The maximum Gasteiger partial charge on any atom is 0.294 e. The van der Waals surface area contributed by atoms with Gasteiger partial charge in [-0.3, -0.25) is 13.7 Å². The van der Waals surface area contributed by atoms with Gasteiger partial charge < -0.3 is 6.15 Å². The SMILES string of the molecule is N.O=S(=O)(O)c1ccccc1.O=S(=O)(O)c1ccccc1.O=S(=O)(O)c1ccccc1. The molecule has 0 saturated carbocycles. The summed E-state index contributed by atoms with van der Waals surface area (Å²) in [5.74, 6) is 0. The van der Waals surface area contributed by atoms with E-state index >= 15 is 0 Å². The molecule has 6 N–H and O–H groups in total. The molecule has 0 saturated heterocycles. The van der Waals surface area contributed by atoms with Gasteiger partial charge in [0.25, 0.3) is 30.4 Å². The molecule has 0 fully saturated rings. The van der Waals surface area contributed by atoms with Crippen molar-refractivity contribution >= 4 is 30.4 Å². The van der Waals surface area contributed by atoms with Gasteiger partial charge in [0, 0.05) is 0 Å². The molecule has 3 aromatic carbocycles. The van der Waals surface area contributed by atoms with Gasteiger partial charge in [0.05, 0.1) is 14.7 Å². The highest BCUT2D eigenvalue weighted by atomic mass is 32.2. The number of hydrogen-bond donors (Lipinski definition) is 4. The van der Waals surface area contributed by atoms with Crippen LogP contribution in [0.5, 0.6) is 0 Å². The van der Waals surface area contributed by atoms with Crippen LogP contribution in [0.25, 0.3) is 0 Å². The van der Waals surface area contributed by atoms with Crippen molar-refractivity contribution in [3.05, 3.63) is 91.0 Å². The Morgan fingerprint density at radius 3 is 0.645 bits per heavy atom. The van der Waals surface area contributed by atoms with Crippen molar-refractivity contribution in [3.63, 3.8) is 0 Å². The average molecular weight is 492 g/mol. The first-order chi connectivity index (χ1) is 13.8. The summed E-state index contributed by atoms with van der Waals surface area (Å²) in [5.41, 5.74) is 0. The summed E-state index contributed by atoms with van der Waals surface area (Å²) >= 11 is 0. The van der Waals surface area contributed by atoms with Crippen LogP contribution >= 0.6 is 0 Å². The molecule has 3 aromatic rings. The third kappa shape index (κ3) is 11.4. The molecule has 170 valence electrons. The van der Waals surface area contributed by atoms with E-state index in [1.807, 2.05) is 0 Å². The lowest BCUT2D eigenvalue weighted by molar-refractivity contribution is 0.481. The van der Waals surface area contributed by atoms with E-state index in [1.54, 1.807) is 54.6 Å². The van der Waals surface area contributed by atoms with Gasteiger partial charge in [-0.1, -0.05) is 54.6 Å². The smallest absolute Gasteiger partial charge is 0.294 e. The fourth-order valence-electron chi connectivity index (χ4n) is 1.78. The third-order valence-corrected chi connectivity index (χ3v) is 5.73. The quantitative estimate of drug-likeness (QED) is 0.395. The van der Waals surface area contributed by atoms with E-state index in [0.717, 1.165) is 0 Å². The van der Waals surface area contributed by atoms with E-state index in [4.69, 9.17) is 13.7 Å². The Morgan fingerprint density at radius 2 is 0.548 bits per heavy atom. The molecular weight excluding hydrogens is 470 g/mol. The highest BCUT2D eigenvalue weighted by molar-refractivity contribution is 7.86. The van der Waals surface area contributed by atoms with Crippen molar-refractivity contribution in [2.24, 2.45) is 0 Å². The number of rotatable bonds is 3. The van der Waals surface area contributed by atoms with Crippen LogP contribution in [0.2, 0.25) is 0 Å². The first-order valence-electron chi connectivity index (χ1n) is 7.89. The van der Waals surface area contributed by atoms with E-state index in [0.29, 0.717) is 0 Å². The van der Waals surface area contributed by atoms with Crippen molar-refractivity contribution < 1.29 is 38.9 Å². The van der Waals surface area contributed by atoms with Crippen LogP contribution in [0, 0.1) is 0 Å². The van der Waals surface area contributed by atoms with Gasteiger partial charge in [-0.25, -0.2) is 0 Å². The minimum Gasteiger partial charge on any atom is -0.344 e. The average Bonchev–Trinajstić information content (AvgIpc) is 2.69. The van der Waals surface area contributed by atoms with Crippen LogP contribution in [0.1, 0.15) is 0 Å². The second-order valence-corrected chi connectivity index (χ2v) is 9.63. The Kier molecular flexibility index (Phi) is 11.2. The summed E-state index contributed by atoms with van der Waals surface area (Å²) in [6.07, 6.45) is 0. The molecule has 0 spiro atoms. The van der Waals surface area contributed by atoms with Crippen LogP contribution in [-0.4, -0.2) is 38.9 Å². The molecule has 0 heterocycles. The van der Waals surface area contributed by atoms with E-state index < -0.39 is 30.4 Å². The van der Waals surface area contributed by atoms with Crippen molar-refractivity contribution in [3.8, 4) is 0 Å². The Hall–Kier alpha value is -2.65. The molecule has 13 heteroatoms. The van der Waals surface area contributed by atoms with Crippen molar-refractivity contribution in [1.29, 1.82) is 0 Å². The Bertz CT molecular complexity index is 1070. The molecule has 0 aliphatic carbocycles. The molecule has 0 aliphatic heterocycles. The van der Waals surface area contributed by atoms with Crippen molar-refractivity contribution in [2.45, 2.75) is 14.7 Å². The lowest BCUT2D eigenvalue weighted by atomic mass is 10.4. The second-order valence-electron chi connectivity index (χ2n) is 5.36. The predicted molar refractivity (Wildman–Crippen MR) is 114 cm³/mol. The zero-order chi connectivity index (χ0) is 22.8. The van der Waals surface area contributed by atoms with Crippen LogP contribution < -0.4 is 6.15 Å². The molecule has 0 unspecified atom stereocenters. The van der Waals surface area contributed by atoms with E-state index in [2.05, 4.69) is 0 Å². The molecule has 0 aromatic heterocycles. The molecular formula is C18H21NO9S3. The predicted octanol–water partition coefficient (Wildman–Crippen LogP) is 2.96. The molecule has 31 heavy (non-hydrogen) atoms. The summed E-state index contributed by atoms with van der Waals surface area (Å²) < 4.78 is 87.7. The second kappa shape index (κ2) is 12.3. The summed E-state index contributed by atoms with van der Waals surface area (Å²) in [4.78, 5) is -0.222. The Morgan fingerprint density at radius 1 is 0.387 bits per heavy atom. The van der Waals surface area contributed by atoms with Crippen LogP contribution in [0.15, 0.2) is 106 Å². The van der Waals surface area contributed by atoms with E-state index in [-0.39, 0.29) is 20.8 Å². The lowest BCUT2D eigenvalue weighted by Crippen LogP contribution is -1.96. The largest absolute Gasteiger partial charge is 0.344 e. The van der Waals surface area contributed by atoms with Crippen LogP contribution in [0.4, 0.5) is 0 Å². The van der Waals surface area contributed by atoms with Gasteiger partial charge in [0.15, 0.2) is 0 Å². The third-order valence-electron chi connectivity index (χ3n) is 3.12. The van der Waals surface area contributed by atoms with Crippen LogP contribution in [0.3, 0.4) is 0 Å². The molecule has 10 nitrogen and oxygen atoms in total. The van der Waals surface area contributed by atoms with E-state index in [9.17, 15) is 25.3 Å². The Labute approximate surface area is 181 Å². The van der Waals surface area contributed by atoms with Crippen LogP contribution in [-0.2, 0) is 30.4 Å². The maximum atomic E-state index is 10.4. The molecule has 0 aliphatic rings. The number of hydrogen-bond acceptors (Lipinski definition) is 7. The standard InChI is InChI=1S/3C6H6O3S.H3N/c3*7-10(8,9)6-4-2-1-3-5-6;/h3*1-5H,(H,7,8,9);1H3. The van der Waals surface area contributed by atoms with Gasteiger partial charge in [0.1, 0.15) is 0 Å². The van der Waals surface area contributed by atoms with Crippen molar-refractivity contribution in [2.75, 3.05) is 0 Å². The first-order valence-corrected chi connectivity index (χ1v) is 12.2. The summed E-state index contributed by atoms with van der Waals surface area (Å²) in [5, 5.41) is 0. The normalized spacial score (nSPS) is 10.9. The number of benzene rings is 3. The zero-order valence-corrected chi connectivity index (χ0v) is 18.3. The summed E-state index contributed by atoms with van der Waals surface area (Å²) in [6.45, 7) is 0. The van der Waals surface area contributed by atoms with Crippen molar-refractivity contribution in [1.82, 2.24) is 6.15 Å². The topological polar surface area (TPSA) is 198 Å². The van der Waals surface area contributed by atoms with Gasteiger partial charge in [0.2, 0.25) is 0 Å². The minimum atomic E-state index is -4.00. The van der Waals surface area contributed by atoms with Gasteiger partial charge in [-0.2, -0.15) is 25.3 Å². The maximum absolute atomic E-state index is 10.4. The van der Waals surface area contributed by atoms with Gasteiger partial charge >= 0.3 is 0 Å². The van der Waals surface area contributed by atoms with E-state index in [1.165, 1.54) is 36.4 Å². The molecule has 0 atom stereocenters. The monoisotopic (exact) mass is 491 g/mol. The molecule has 0 amide bonds. The van der Waals surface area contributed by atoms with Gasteiger partial charge in [-0.15, -0.1) is 0 Å². The zero-order valence-electron chi connectivity index (χ0n) is 15.9. The fourth-order valence-corrected chi connectivity index (χ4v) is 3.28. The molecule has 3 rings (SSSR count). The Balaban J connectivity index is 0.000000429. The lowest BCUT2D eigenvalue weighted by Gasteiger charge is -1.92. The fraction of sp³-hybridized carbons (Fsp3) is 0. The molecule has 0 bridgehead atoms. The minimum absolute atomic E-state index is 0. The van der Waals surface area contributed by atoms with Gasteiger partial charge in [-0.05, 0) is 36.4 Å². The summed E-state index contributed by atoms with van der Waals surface area (Å²) in [7, 11) is -12.0. The highest BCUT2D eigenvalue weighted by Gasteiger charge is 2.07. The highest BCUT2D eigenvalue weighted by Crippen LogP contribution is 2.06.